The van der Waals surface area contributed by atoms with Crippen molar-refractivity contribution in [3.8, 4) is 5.69 Å². The maximum atomic E-state index is 13.6. The van der Waals surface area contributed by atoms with Crippen molar-refractivity contribution in [2.75, 3.05) is 18.8 Å². The average Bonchev–Trinajstić information content (AvgIpc) is 3.19. The fourth-order valence-electron chi connectivity index (χ4n) is 4.90. The number of aromatic amines is 1. The topological polar surface area (TPSA) is 61.8 Å². The molecule has 170 valence electrons. The summed E-state index contributed by atoms with van der Waals surface area (Å²) in [6, 6.07) is 6.90. The summed E-state index contributed by atoms with van der Waals surface area (Å²) < 4.78 is 68.1. The van der Waals surface area contributed by atoms with E-state index in [1.165, 1.54) is 6.33 Å². The van der Waals surface area contributed by atoms with E-state index >= 15 is 0 Å². The molecule has 0 spiro atoms. The van der Waals surface area contributed by atoms with Crippen LogP contribution >= 0.6 is 0 Å². The Hall–Kier alpha value is -2.75. The molecular weight excluding hydrogens is 429 g/mol. The quantitative estimate of drug-likeness (QED) is 0.456. The largest absolute Gasteiger partial charge is 0.431 e. The molecule has 5 rings (SSSR count). The molecule has 2 aliphatic rings. The van der Waals surface area contributed by atoms with Gasteiger partial charge in [-0.3, -0.25) is 4.90 Å². The SMILES string of the molecule is Nc1c2cc(C(F)(F)F)[nH]c2nc[n+]1-c1cccc2c1C[C@@H](N1CCC(F)(F)CC1)CC2. The van der Waals surface area contributed by atoms with Crippen molar-refractivity contribution in [3.63, 3.8) is 0 Å². The van der Waals surface area contributed by atoms with Crippen LogP contribution in [0.2, 0.25) is 0 Å². The number of aryl methyl sites for hydroxylation is 1. The highest BCUT2D eigenvalue weighted by atomic mass is 19.4. The highest BCUT2D eigenvalue weighted by molar-refractivity contribution is 5.85. The minimum absolute atomic E-state index is 0.0722. The lowest BCUT2D eigenvalue weighted by Gasteiger charge is -2.39. The zero-order chi connectivity index (χ0) is 22.7. The Bertz CT molecular complexity index is 1160. The van der Waals surface area contributed by atoms with Crippen LogP contribution in [0.3, 0.4) is 0 Å². The second-order valence-corrected chi connectivity index (χ2v) is 8.65. The number of nitrogens with two attached hydrogens (primary N) is 1. The van der Waals surface area contributed by atoms with Gasteiger partial charge in [0.1, 0.15) is 16.8 Å². The number of alkyl halides is 5. The van der Waals surface area contributed by atoms with Gasteiger partial charge in [0.25, 0.3) is 5.92 Å². The van der Waals surface area contributed by atoms with Gasteiger partial charge in [-0.2, -0.15) is 13.2 Å². The molecule has 0 bridgehead atoms. The molecular formula is C22H23F5N5+. The summed E-state index contributed by atoms with van der Waals surface area (Å²) in [7, 11) is 0. The number of likely N-dealkylation sites (tertiary alicyclic amines) is 1. The predicted octanol–water partition coefficient (Wildman–Crippen LogP) is 4.03. The molecule has 0 radical (unpaired) electrons. The number of nitrogens with zero attached hydrogens (tertiary/aromatic N) is 3. The summed E-state index contributed by atoms with van der Waals surface area (Å²) >= 11 is 0. The highest BCUT2D eigenvalue weighted by Gasteiger charge is 2.38. The van der Waals surface area contributed by atoms with Gasteiger partial charge in [0.05, 0.1) is 0 Å². The Kier molecular flexibility index (Phi) is 4.88. The molecule has 1 aliphatic heterocycles. The van der Waals surface area contributed by atoms with E-state index in [-0.39, 0.29) is 35.7 Å². The number of halogens is 5. The smallest absolute Gasteiger partial charge is 0.322 e. The Balaban J connectivity index is 1.50. The fraction of sp³-hybridized carbons (Fsp3) is 0.455. The van der Waals surface area contributed by atoms with E-state index in [0.29, 0.717) is 19.5 Å². The molecule has 3 aromatic rings. The van der Waals surface area contributed by atoms with Gasteiger partial charge in [-0.15, -0.1) is 0 Å². The van der Waals surface area contributed by atoms with E-state index in [1.54, 1.807) is 4.57 Å². The first-order chi connectivity index (χ1) is 15.1. The third kappa shape index (κ3) is 3.70. The van der Waals surface area contributed by atoms with Gasteiger partial charge in [0, 0.05) is 32.0 Å². The number of H-pyrrole nitrogens is 1. The van der Waals surface area contributed by atoms with E-state index in [2.05, 4.69) is 14.9 Å². The molecule has 5 nitrogen and oxygen atoms in total. The molecule has 1 fully saturated rings. The van der Waals surface area contributed by atoms with Crippen LogP contribution in [0.4, 0.5) is 27.8 Å². The number of rotatable bonds is 2. The van der Waals surface area contributed by atoms with Gasteiger partial charge in [-0.1, -0.05) is 17.1 Å². The minimum atomic E-state index is -4.53. The molecule has 3 heterocycles. The minimum Gasteiger partial charge on any atom is -0.322 e. The second-order valence-electron chi connectivity index (χ2n) is 8.65. The third-order valence-electron chi connectivity index (χ3n) is 6.68. The Morgan fingerprint density at radius 2 is 1.94 bits per heavy atom. The number of aromatic nitrogens is 3. The first-order valence-corrected chi connectivity index (χ1v) is 10.6. The van der Waals surface area contributed by atoms with Crippen molar-refractivity contribution >= 4 is 16.9 Å². The Morgan fingerprint density at radius 1 is 1.19 bits per heavy atom. The number of nitrogens with one attached hydrogen (secondary N) is 1. The number of nitrogen functional groups attached to an aromatic ring is 1. The normalized spacial score (nSPS) is 21.6. The van der Waals surface area contributed by atoms with Crippen LogP contribution in [0.15, 0.2) is 30.6 Å². The molecule has 0 unspecified atom stereocenters. The molecule has 0 saturated carbocycles. The molecule has 1 saturated heterocycles. The van der Waals surface area contributed by atoms with Crippen molar-refractivity contribution in [2.45, 2.75) is 50.2 Å². The van der Waals surface area contributed by atoms with Gasteiger partial charge >= 0.3 is 6.18 Å². The first kappa shape index (κ1) is 21.1. The van der Waals surface area contributed by atoms with Gasteiger partial charge in [0.2, 0.25) is 17.8 Å². The molecule has 2 aromatic heterocycles. The van der Waals surface area contributed by atoms with E-state index < -0.39 is 17.8 Å². The van der Waals surface area contributed by atoms with Crippen molar-refractivity contribution in [1.29, 1.82) is 0 Å². The van der Waals surface area contributed by atoms with Gasteiger partial charge < -0.3 is 10.7 Å². The van der Waals surface area contributed by atoms with Crippen LogP contribution in [-0.4, -0.2) is 39.9 Å². The molecule has 1 aliphatic carbocycles. The fourth-order valence-corrected chi connectivity index (χ4v) is 4.90. The van der Waals surface area contributed by atoms with Crippen LogP contribution in [0.25, 0.3) is 16.7 Å². The molecule has 1 atom stereocenters. The zero-order valence-corrected chi connectivity index (χ0v) is 17.2. The first-order valence-electron chi connectivity index (χ1n) is 10.6. The maximum Gasteiger partial charge on any atom is 0.431 e. The van der Waals surface area contributed by atoms with E-state index in [1.807, 2.05) is 18.2 Å². The summed E-state index contributed by atoms with van der Waals surface area (Å²) in [4.78, 5) is 8.57. The summed E-state index contributed by atoms with van der Waals surface area (Å²) in [5, 5.41) is 0.197. The highest BCUT2D eigenvalue weighted by Crippen LogP contribution is 2.34. The maximum absolute atomic E-state index is 13.6. The van der Waals surface area contributed by atoms with Gasteiger partial charge in [-0.25, -0.2) is 13.3 Å². The number of fused-ring (bicyclic) bond motifs is 2. The lowest BCUT2D eigenvalue weighted by Crippen LogP contribution is -2.47. The van der Waals surface area contributed by atoms with Gasteiger partial charge in [0.15, 0.2) is 0 Å². The van der Waals surface area contributed by atoms with E-state index in [0.717, 1.165) is 35.7 Å². The molecule has 0 amide bonds. The standard InChI is InChI=1S/C22H22F5N5/c23-21(24)6-8-31(9-7-21)14-5-4-13-2-1-3-17(15(13)10-14)32-12-29-20-16(19(32)28)11-18(30-20)22(25,26)27/h1-3,11-12,14H,4-10H2,(H2,28,30)/p+1/t14-/m0/s1. The number of hydrogen-bond donors (Lipinski definition) is 2. The van der Waals surface area contributed by atoms with E-state index in [4.69, 9.17) is 5.73 Å². The number of piperidine rings is 1. The lowest BCUT2D eigenvalue weighted by atomic mass is 9.85. The Morgan fingerprint density at radius 3 is 2.66 bits per heavy atom. The van der Waals surface area contributed by atoms with E-state index in [9.17, 15) is 22.0 Å². The molecule has 32 heavy (non-hydrogen) atoms. The lowest BCUT2D eigenvalue weighted by molar-refractivity contribution is -0.582. The summed E-state index contributed by atoms with van der Waals surface area (Å²) in [5.74, 6) is -2.43. The zero-order valence-electron chi connectivity index (χ0n) is 17.2. The number of hydrogen-bond acceptors (Lipinski definition) is 3. The van der Waals surface area contributed by atoms with Crippen molar-refractivity contribution in [3.05, 3.63) is 47.4 Å². The van der Waals surface area contributed by atoms with Crippen molar-refractivity contribution in [2.24, 2.45) is 0 Å². The van der Waals surface area contributed by atoms with Crippen molar-refractivity contribution in [1.82, 2.24) is 14.9 Å². The summed E-state index contributed by atoms with van der Waals surface area (Å²) in [6.07, 6.45) is -1.00. The van der Waals surface area contributed by atoms with Crippen LogP contribution in [-0.2, 0) is 19.0 Å². The van der Waals surface area contributed by atoms with Crippen LogP contribution in [0, 0.1) is 0 Å². The summed E-state index contributed by atoms with van der Waals surface area (Å²) in [6.45, 7) is 0.725. The van der Waals surface area contributed by atoms with Crippen LogP contribution in [0.5, 0.6) is 0 Å². The molecule has 3 N–H and O–H groups in total. The second kappa shape index (κ2) is 7.40. The summed E-state index contributed by atoms with van der Waals surface area (Å²) in [5.41, 5.74) is 8.39. The number of benzene rings is 1. The number of anilines is 1. The third-order valence-corrected chi connectivity index (χ3v) is 6.68. The van der Waals surface area contributed by atoms with Crippen molar-refractivity contribution < 1.29 is 26.5 Å². The molecule has 10 heteroatoms. The monoisotopic (exact) mass is 452 g/mol. The molecule has 1 aromatic carbocycles. The van der Waals surface area contributed by atoms with Crippen LogP contribution < -0.4 is 10.3 Å². The predicted molar refractivity (Wildman–Crippen MR) is 109 cm³/mol. The average molecular weight is 452 g/mol. The van der Waals surface area contributed by atoms with Crippen LogP contribution in [0.1, 0.15) is 36.1 Å². The van der Waals surface area contributed by atoms with Gasteiger partial charge in [-0.05, 0) is 42.5 Å². The Labute approximate surface area is 181 Å².